The SMILES string of the molecule is C=C(CNC)N=C(/C=C\CC)N1c2nc(Nc3ccc(C[C@@H]4CCNC4)cc3)ncc2[C@]2(C)COC(C)(C)C[C@H]12. The summed E-state index contributed by atoms with van der Waals surface area (Å²) in [6.07, 6.45) is 10.4. The van der Waals surface area contributed by atoms with Crippen LogP contribution in [0.25, 0.3) is 0 Å². The Labute approximate surface area is 239 Å². The topological polar surface area (TPSA) is 86.7 Å². The number of aromatic nitrogens is 2. The van der Waals surface area contributed by atoms with Crippen molar-refractivity contribution in [3.63, 3.8) is 0 Å². The predicted molar refractivity (Wildman–Crippen MR) is 165 cm³/mol. The summed E-state index contributed by atoms with van der Waals surface area (Å²) in [6, 6.07) is 8.80. The van der Waals surface area contributed by atoms with E-state index in [-0.39, 0.29) is 17.1 Å². The molecule has 2 saturated heterocycles. The lowest BCUT2D eigenvalue weighted by atomic mass is 9.73. The monoisotopic (exact) mass is 543 g/mol. The standard InChI is InChI=1S/C32H45N7O/c1-7-8-9-28(36-22(2)18-33-6)39-27-17-31(3,4)40-21-32(27,5)26-20-35-30(38-29(26)39)37-25-12-10-23(11-13-25)16-24-14-15-34-19-24/h8-13,20,24,27,33-34H,2,7,14-19,21H2,1,3-6H3,(H,35,37,38)/b9-8-,36-28?/t24-,27-,32-/m0/s1. The number of hydrogen-bond donors (Lipinski definition) is 3. The first kappa shape index (κ1) is 28.5. The van der Waals surface area contributed by atoms with Crippen molar-refractivity contribution in [1.82, 2.24) is 20.6 Å². The number of nitrogens with one attached hydrogen (secondary N) is 3. The van der Waals surface area contributed by atoms with Gasteiger partial charge in [0.05, 0.1) is 18.2 Å². The second-order valence-corrected chi connectivity index (χ2v) is 12.2. The zero-order valence-electron chi connectivity index (χ0n) is 24.8. The highest BCUT2D eigenvalue weighted by molar-refractivity contribution is 6.08. The third-order valence-electron chi connectivity index (χ3n) is 8.41. The zero-order chi connectivity index (χ0) is 28.3. The van der Waals surface area contributed by atoms with Crippen LogP contribution in [0.2, 0.25) is 0 Å². The van der Waals surface area contributed by atoms with Gasteiger partial charge < -0.3 is 25.6 Å². The molecule has 0 bridgehead atoms. The van der Waals surface area contributed by atoms with E-state index in [4.69, 9.17) is 19.7 Å². The highest BCUT2D eigenvalue weighted by atomic mass is 16.5. The van der Waals surface area contributed by atoms with E-state index in [1.165, 1.54) is 12.0 Å². The summed E-state index contributed by atoms with van der Waals surface area (Å²) in [7, 11) is 1.91. The number of ether oxygens (including phenoxy) is 1. The average Bonchev–Trinajstić information content (AvgIpc) is 3.51. The molecule has 1 aromatic heterocycles. The molecule has 3 atom stereocenters. The summed E-state index contributed by atoms with van der Waals surface area (Å²) in [5, 5.41) is 10.1. The minimum atomic E-state index is -0.259. The van der Waals surface area contributed by atoms with E-state index in [1.54, 1.807) is 0 Å². The molecule has 2 aromatic rings. The van der Waals surface area contributed by atoms with Crippen molar-refractivity contribution in [2.24, 2.45) is 10.9 Å². The van der Waals surface area contributed by atoms with E-state index in [9.17, 15) is 0 Å². The van der Waals surface area contributed by atoms with Crippen LogP contribution in [-0.4, -0.2) is 60.7 Å². The molecule has 4 heterocycles. The Bertz CT molecular complexity index is 1260. The number of rotatable bonds is 9. The van der Waals surface area contributed by atoms with Gasteiger partial charge in [-0.3, -0.25) is 0 Å². The van der Waals surface area contributed by atoms with Crippen LogP contribution < -0.4 is 20.9 Å². The van der Waals surface area contributed by atoms with E-state index < -0.39 is 0 Å². The van der Waals surface area contributed by atoms with Crippen molar-refractivity contribution >= 4 is 23.3 Å². The lowest BCUT2D eigenvalue weighted by Crippen LogP contribution is -2.56. The number of aliphatic imine (C=N–C) groups is 1. The first-order valence-corrected chi connectivity index (χ1v) is 14.7. The Hall–Kier alpha value is -3.07. The summed E-state index contributed by atoms with van der Waals surface area (Å²) < 4.78 is 6.37. The van der Waals surface area contributed by atoms with Crippen molar-refractivity contribution in [3.05, 3.63) is 66.0 Å². The predicted octanol–water partition coefficient (Wildman–Crippen LogP) is 5.12. The molecule has 214 valence electrons. The molecule has 2 fully saturated rings. The maximum atomic E-state index is 6.37. The van der Waals surface area contributed by atoms with Gasteiger partial charge in [-0.2, -0.15) is 4.98 Å². The minimum Gasteiger partial charge on any atom is -0.374 e. The van der Waals surface area contributed by atoms with E-state index >= 15 is 0 Å². The number of fused-ring (bicyclic) bond motifs is 3. The second kappa shape index (κ2) is 11.8. The third-order valence-corrected chi connectivity index (χ3v) is 8.41. The van der Waals surface area contributed by atoms with E-state index in [1.807, 2.05) is 13.2 Å². The molecule has 8 heteroatoms. The maximum Gasteiger partial charge on any atom is 0.229 e. The van der Waals surface area contributed by atoms with Gasteiger partial charge in [-0.1, -0.05) is 38.6 Å². The van der Waals surface area contributed by atoms with E-state index in [0.717, 1.165) is 66.9 Å². The number of hydrogen-bond acceptors (Lipinski definition) is 7. The molecule has 0 amide bonds. The fraction of sp³-hybridized carbons (Fsp3) is 0.531. The van der Waals surface area contributed by atoms with Gasteiger partial charge in [0.15, 0.2) is 0 Å². The normalized spacial score (nSPS) is 25.7. The molecule has 0 saturated carbocycles. The first-order chi connectivity index (χ1) is 19.2. The Balaban J connectivity index is 1.48. The number of anilines is 3. The summed E-state index contributed by atoms with van der Waals surface area (Å²) >= 11 is 0. The van der Waals surface area contributed by atoms with Gasteiger partial charge in [-0.15, -0.1) is 0 Å². The van der Waals surface area contributed by atoms with Gasteiger partial charge in [-0.25, -0.2) is 9.98 Å². The average molecular weight is 544 g/mol. The molecule has 40 heavy (non-hydrogen) atoms. The van der Waals surface area contributed by atoms with Crippen LogP contribution >= 0.6 is 0 Å². The van der Waals surface area contributed by atoms with Crippen molar-refractivity contribution in [1.29, 1.82) is 0 Å². The van der Waals surface area contributed by atoms with Crippen LogP contribution in [-0.2, 0) is 16.6 Å². The molecular formula is C32H45N7O. The quantitative estimate of drug-likeness (QED) is 0.299. The minimum absolute atomic E-state index is 0.128. The van der Waals surface area contributed by atoms with Crippen LogP contribution in [0.15, 0.2) is 59.9 Å². The number of nitrogens with zero attached hydrogens (tertiary/aromatic N) is 4. The van der Waals surface area contributed by atoms with Crippen molar-refractivity contribution < 1.29 is 4.74 Å². The van der Waals surface area contributed by atoms with Gasteiger partial charge in [-0.05, 0) is 89.4 Å². The van der Waals surface area contributed by atoms with Gasteiger partial charge in [0, 0.05) is 35.1 Å². The number of amidine groups is 1. The Kier molecular flexibility index (Phi) is 8.40. The third kappa shape index (κ3) is 5.99. The van der Waals surface area contributed by atoms with Crippen molar-refractivity contribution in [2.75, 3.05) is 43.5 Å². The zero-order valence-corrected chi connectivity index (χ0v) is 24.8. The van der Waals surface area contributed by atoms with Gasteiger partial charge >= 0.3 is 0 Å². The largest absolute Gasteiger partial charge is 0.374 e. The fourth-order valence-corrected chi connectivity index (χ4v) is 6.14. The maximum absolute atomic E-state index is 6.37. The molecule has 5 rings (SSSR count). The molecule has 3 aliphatic rings. The first-order valence-electron chi connectivity index (χ1n) is 14.7. The number of benzene rings is 1. The second-order valence-electron chi connectivity index (χ2n) is 12.2. The van der Waals surface area contributed by atoms with Crippen LogP contribution in [0.5, 0.6) is 0 Å². The number of likely N-dealkylation sites (N-methyl/N-ethyl adjacent to an activating group) is 1. The summed E-state index contributed by atoms with van der Waals surface area (Å²) in [5.74, 6) is 3.04. The van der Waals surface area contributed by atoms with Gasteiger partial charge in [0.2, 0.25) is 5.95 Å². The number of allylic oxidation sites excluding steroid dienone is 1. The van der Waals surface area contributed by atoms with Crippen molar-refractivity contribution in [3.8, 4) is 0 Å². The molecule has 0 radical (unpaired) electrons. The van der Waals surface area contributed by atoms with Crippen LogP contribution in [0.3, 0.4) is 0 Å². The molecule has 0 aliphatic carbocycles. The molecule has 8 nitrogen and oxygen atoms in total. The highest BCUT2D eigenvalue weighted by Gasteiger charge is 2.55. The molecule has 3 aliphatic heterocycles. The fourth-order valence-electron chi connectivity index (χ4n) is 6.14. The molecule has 0 spiro atoms. The van der Waals surface area contributed by atoms with Crippen molar-refractivity contribution in [2.45, 2.75) is 70.4 Å². The Morgan fingerprint density at radius 2 is 2.08 bits per heavy atom. The van der Waals surface area contributed by atoms with Crippen LogP contribution in [0.4, 0.5) is 17.5 Å². The Morgan fingerprint density at radius 1 is 1.27 bits per heavy atom. The Morgan fingerprint density at radius 3 is 2.77 bits per heavy atom. The molecule has 3 N–H and O–H groups in total. The molecular weight excluding hydrogens is 498 g/mol. The summed E-state index contributed by atoms with van der Waals surface area (Å²) in [4.78, 5) is 17.2. The molecule has 0 unspecified atom stereocenters. The lowest BCUT2D eigenvalue weighted by Gasteiger charge is -2.46. The lowest BCUT2D eigenvalue weighted by molar-refractivity contribution is -0.0889. The molecule has 1 aromatic carbocycles. The summed E-state index contributed by atoms with van der Waals surface area (Å²) in [6.45, 7) is 16.4. The smallest absolute Gasteiger partial charge is 0.229 e. The van der Waals surface area contributed by atoms with E-state index in [2.05, 4.69) is 91.5 Å². The highest BCUT2D eigenvalue weighted by Crippen LogP contribution is 2.51. The van der Waals surface area contributed by atoms with Crippen LogP contribution in [0, 0.1) is 5.92 Å². The van der Waals surface area contributed by atoms with Crippen LogP contribution in [0.1, 0.15) is 58.1 Å². The van der Waals surface area contributed by atoms with E-state index in [0.29, 0.717) is 19.1 Å². The summed E-state index contributed by atoms with van der Waals surface area (Å²) in [5.41, 5.74) is 3.71. The van der Waals surface area contributed by atoms with Gasteiger partial charge in [0.25, 0.3) is 0 Å². The van der Waals surface area contributed by atoms with Gasteiger partial charge in [0.1, 0.15) is 11.7 Å².